The van der Waals surface area contributed by atoms with Gasteiger partial charge in [0.1, 0.15) is 5.75 Å². The van der Waals surface area contributed by atoms with E-state index in [-0.39, 0.29) is 24.2 Å². The number of hydrogen-bond acceptors (Lipinski definition) is 3. The van der Waals surface area contributed by atoms with Gasteiger partial charge in [0.2, 0.25) is 0 Å². The minimum atomic E-state index is -0.365. The van der Waals surface area contributed by atoms with Gasteiger partial charge in [-0.3, -0.25) is 4.79 Å². The van der Waals surface area contributed by atoms with Gasteiger partial charge in [-0.1, -0.05) is 26.0 Å². The second kappa shape index (κ2) is 5.66. The number of carbonyl (C=O) groups excluding carboxylic acids is 1. The Labute approximate surface area is 96.1 Å². The number of hydrogen-bond donors (Lipinski definition) is 1. The van der Waals surface area contributed by atoms with Gasteiger partial charge in [0.15, 0.2) is 5.78 Å². The number of benzene rings is 1. The van der Waals surface area contributed by atoms with Crippen LogP contribution in [0.25, 0.3) is 0 Å². The molecule has 0 radical (unpaired) electrons. The molecule has 0 heterocycles. The number of para-hydroxylation sites is 1. The van der Waals surface area contributed by atoms with Gasteiger partial charge in [0.25, 0.3) is 0 Å². The van der Waals surface area contributed by atoms with Crippen LogP contribution in [0, 0.1) is 11.8 Å². The second-order valence-electron chi connectivity index (χ2n) is 4.10. The highest BCUT2D eigenvalue weighted by Gasteiger charge is 2.24. The molecule has 88 valence electrons. The van der Waals surface area contributed by atoms with Crippen LogP contribution in [0.4, 0.5) is 0 Å². The number of aliphatic hydroxyl groups excluding tert-OH is 1. The molecule has 3 nitrogen and oxygen atoms in total. The number of Topliss-reactive ketones (excluding diaryl/α,β-unsaturated/α-hetero) is 1. The molecule has 0 saturated heterocycles. The van der Waals surface area contributed by atoms with Crippen LogP contribution in [0.1, 0.15) is 24.2 Å². The fraction of sp³-hybridized carbons (Fsp3) is 0.462. The van der Waals surface area contributed by atoms with E-state index in [1.807, 2.05) is 19.9 Å². The normalized spacial score (nSPS) is 12.6. The first kappa shape index (κ1) is 12.7. The number of carbonyl (C=O) groups is 1. The largest absolute Gasteiger partial charge is 0.496 e. The minimum absolute atomic E-state index is 0.0602. The molecule has 0 spiro atoms. The van der Waals surface area contributed by atoms with Gasteiger partial charge in [-0.15, -0.1) is 0 Å². The van der Waals surface area contributed by atoms with Crippen LogP contribution >= 0.6 is 0 Å². The summed E-state index contributed by atoms with van der Waals surface area (Å²) < 4.78 is 5.14. The SMILES string of the molecule is COc1ccccc1C(=O)C(CO)C(C)C. The van der Waals surface area contributed by atoms with Crippen molar-refractivity contribution in [1.82, 2.24) is 0 Å². The second-order valence-corrected chi connectivity index (χ2v) is 4.10. The molecule has 16 heavy (non-hydrogen) atoms. The molecule has 1 aromatic carbocycles. The van der Waals surface area contributed by atoms with E-state index in [4.69, 9.17) is 4.74 Å². The standard InChI is InChI=1S/C13H18O3/c1-9(2)11(8-14)13(15)10-6-4-5-7-12(10)16-3/h4-7,9,11,14H,8H2,1-3H3. The third kappa shape index (κ3) is 2.61. The lowest BCUT2D eigenvalue weighted by molar-refractivity contribution is 0.0803. The maximum absolute atomic E-state index is 12.2. The number of aliphatic hydroxyl groups is 1. The lowest BCUT2D eigenvalue weighted by Crippen LogP contribution is -2.24. The fourth-order valence-corrected chi connectivity index (χ4v) is 1.64. The summed E-state index contributed by atoms with van der Waals surface area (Å²) in [6.45, 7) is 3.72. The smallest absolute Gasteiger partial charge is 0.172 e. The summed E-state index contributed by atoms with van der Waals surface area (Å²) in [5.41, 5.74) is 0.540. The molecule has 0 aliphatic heterocycles. The van der Waals surface area contributed by atoms with Gasteiger partial charge in [-0.2, -0.15) is 0 Å². The summed E-state index contributed by atoms with van der Waals surface area (Å²) in [7, 11) is 1.54. The summed E-state index contributed by atoms with van der Waals surface area (Å²) in [6.07, 6.45) is 0. The molecule has 0 fully saturated rings. The molecule has 1 atom stereocenters. The predicted molar refractivity (Wildman–Crippen MR) is 62.7 cm³/mol. The lowest BCUT2D eigenvalue weighted by atomic mass is 9.88. The highest BCUT2D eigenvalue weighted by atomic mass is 16.5. The van der Waals surface area contributed by atoms with E-state index in [2.05, 4.69) is 0 Å². The van der Waals surface area contributed by atoms with Gasteiger partial charge < -0.3 is 9.84 Å². The third-order valence-corrected chi connectivity index (χ3v) is 2.71. The molecule has 1 N–H and O–H groups in total. The molecule has 0 aromatic heterocycles. The number of ketones is 1. The zero-order chi connectivity index (χ0) is 12.1. The van der Waals surface area contributed by atoms with Crippen molar-refractivity contribution in [3.8, 4) is 5.75 Å². The monoisotopic (exact) mass is 222 g/mol. The summed E-state index contributed by atoms with van der Waals surface area (Å²) in [5.74, 6) is 0.250. The Balaban J connectivity index is 3.03. The Bertz CT molecular complexity index is 358. The number of rotatable bonds is 5. The van der Waals surface area contributed by atoms with Gasteiger partial charge in [-0.25, -0.2) is 0 Å². The van der Waals surface area contributed by atoms with Crippen LogP contribution in [-0.2, 0) is 0 Å². The zero-order valence-electron chi connectivity index (χ0n) is 9.93. The minimum Gasteiger partial charge on any atom is -0.496 e. The molecule has 1 rings (SSSR count). The molecule has 3 heteroatoms. The van der Waals surface area contributed by atoms with Crippen LogP contribution in [0.3, 0.4) is 0 Å². The summed E-state index contributed by atoms with van der Waals surface area (Å²) in [4.78, 5) is 12.2. The van der Waals surface area contributed by atoms with Gasteiger partial charge >= 0.3 is 0 Å². The Morgan fingerprint density at radius 1 is 1.38 bits per heavy atom. The third-order valence-electron chi connectivity index (χ3n) is 2.71. The maximum Gasteiger partial charge on any atom is 0.172 e. The highest BCUT2D eigenvalue weighted by Crippen LogP contribution is 2.24. The molecule has 1 unspecified atom stereocenters. The van der Waals surface area contributed by atoms with Crippen LogP contribution in [-0.4, -0.2) is 24.6 Å². The predicted octanol–water partition coefficient (Wildman–Crippen LogP) is 2.14. The van der Waals surface area contributed by atoms with Crippen molar-refractivity contribution in [3.63, 3.8) is 0 Å². The summed E-state index contributed by atoms with van der Waals surface area (Å²) >= 11 is 0. The first-order chi connectivity index (χ1) is 7.61. The lowest BCUT2D eigenvalue weighted by Gasteiger charge is -2.18. The van der Waals surface area contributed by atoms with Gasteiger partial charge in [0.05, 0.1) is 19.3 Å². The van der Waals surface area contributed by atoms with Crippen LogP contribution in [0.15, 0.2) is 24.3 Å². The molecule has 0 saturated carbocycles. The Kier molecular flexibility index (Phi) is 4.50. The molecule has 0 aliphatic rings. The molecule has 0 amide bonds. The van der Waals surface area contributed by atoms with Crippen molar-refractivity contribution in [2.75, 3.05) is 13.7 Å². The molecular formula is C13H18O3. The van der Waals surface area contributed by atoms with Crippen molar-refractivity contribution < 1.29 is 14.6 Å². The summed E-state index contributed by atoms with van der Waals surface area (Å²) in [5, 5.41) is 9.23. The Hall–Kier alpha value is -1.35. The summed E-state index contributed by atoms with van der Waals surface area (Å²) in [6, 6.07) is 7.09. The van der Waals surface area contributed by atoms with E-state index in [0.717, 1.165) is 0 Å². The molecule has 0 aliphatic carbocycles. The molecule has 1 aromatic rings. The Morgan fingerprint density at radius 3 is 2.50 bits per heavy atom. The van der Waals surface area contributed by atoms with Gasteiger partial charge in [0, 0.05) is 5.92 Å². The topological polar surface area (TPSA) is 46.5 Å². The van der Waals surface area contributed by atoms with Gasteiger partial charge in [-0.05, 0) is 18.1 Å². The van der Waals surface area contributed by atoms with Crippen molar-refractivity contribution in [1.29, 1.82) is 0 Å². The van der Waals surface area contributed by atoms with Crippen molar-refractivity contribution in [2.45, 2.75) is 13.8 Å². The maximum atomic E-state index is 12.2. The van der Waals surface area contributed by atoms with E-state index in [1.165, 1.54) is 7.11 Å². The first-order valence-corrected chi connectivity index (χ1v) is 5.40. The fourth-order valence-electron chi connectivity index (χ4n) is 1.64. The quantitative estimate of drug-likeness (QED) is 0.776. The van der Waals surface area contributed by atoms with Crippen LogP contribution < -0.4 is 4.74 Å². The molecule has 0 bridgehead atoms. The van der Waals surface area contributed by atoms with E-state index >= 15 is 0 Å². The van der Waals surface area contributed by atoms with Crippen molar-refractivity contribution in [3.05, 3.63) is 29.8 Å². The van der Waals surface area contributed by atoms with E-state index in [0.29, 0.717) is 11.3 Å². The molecular weight excluding hydrogens is 204 g/mol. The highest BCUT2D eigenvalue weighted by molar-refractivity contribution is 6.00. The zero-order valence-corrected chi connectivity index (χ0v) is 9.93. The van der Waals surface area contributed by atoms with E-state index < -0.39 is 0 Å². The van der Waals surface area contributed by atoms with Crippen molar-refractivity contribution >= 4 is 5.78 Å². The Morgan fingerprint density at radius 2 is 2.00 bits per heavy atom. The van der Waals surface area contributed by atoms with Crippen molar-refractivity contribution in [2.24, 2.45) is 11.8 Å². The average molecular weight is 222 g/mol. The first-order valence-electron chi connectivity index (χ1n) is 5.40. The van der Waals surface area contributed by atoms with E-state index in [9.17, 15) is 9.90 Å². The number of ether oxygens (including phenoxy) is 1. The van der Waals surface area contributed by atoms with Crippen LogP contribution in [0.5, 0.6) is 5.75 Å². The number of methoxy groups -OCH3 is 1. The van der Waals surface area contributed by atoms with E-state index in [1.54, 1.807) is 18.2 Å². The van der Waals surface area contributed by atoms with Crippen LogP contribution in [0.2, 0.25) is 0 Å². The average Bonchev–Trinajstić information content (AvgIpc) is 2.29.